The minimum atomic E-state index is -0.928. The number of ether oxygens (including phenoxy) is 1. The molecule has 2 atom stereocenters. The third-order valence-corrected chi connectivity index (χ3v) is 5.60. The van der Waals surface area contributed by atoms with Crippen LogP contribution >= 0.6 is 0 Å². The van der Waals surface area contributed by atoms with E-state index in [2.05, 4.69) is 48.5 Å². The van der Waals surface area contributed by atoms with Gasteiger partial charge in [-0.1, -0.05) is 34.1 Å². The van der Waals surface area contributed by atoms with E-state index in [1.54, 1.807) is 4.68 Å². The van der Waals surface area contributed by atoms with E-state index in [9.17, 15) is 14.4 Å². The summed E-state index contributed by atoms with van der Waals surface area (Å²) in [6.45, 7) is 8.46. The molecule has 0 radical (unpaired) electrons. The Kier molecular flexibility index (Phi) is 5.90. The molecule has 29 heavy (non-hydrogen) atoms. The predicted molar refractivity (Wildman–Crippen MR) is 102 cm³/mol. The van der Waals surface area contributed by atoms with Gasteiger partial charge in [-0.3, -0.25) is 14.5 Å². The number of imide groups is 1. The number of esters is 1. The fourth-order valence-corrected chi connectivity index (χ4v) is 4.78. The van der Waals surface area contributed by atoms with Gasteiger partial charge in [-0.05, 0) is 47.4 Å². The Hall–Kier alpha value is -2.52. The van der Waals surface area contributed by atoms with Crippen molar-refractivity contribution in [3.63, 3.8) is 0 Å². The van der Waals surface area contributed by atoms with Crippen molar-refractivity contribution in [3.8, 4) is 0 Å². The van der Waals surface area contributed by atoms with Gasteiger partial charge in [-0.25, -0.2) is 9.48 Å². The molecule has 1 spiro atoms. The van der Waals surface area contributed by atoms with Crippen LogP contribution in [0.4, 0.5) is 4.79 Å². The molecule has 0 aromatic carbocycles. The van der Waals surface area contributed by atoms with Gasteiger partial charge in [0.25, 0.3) is 5.91 Å². The highest BCUT2D eigenvalue weighted by Crippen LogP contribution is 2.46. The molecule has 0 bridgehead atoms. The largest absolute Gasteiger partial charge is 0.456 e. The highest BCUT2D eigenvalue weighted by atomic mass is 16.5. The molecule has 1 saturated carbocycles. The molecule has 3 amide bonds. The quantitative estimate of drug-likeness (QED) is 0.540. The van der Waals surface area contributed by atoms with Crippen molar-refractivity contribution in [2.24, 2.45) is 11.3 Å². The normalized spacial score (nSPS) is 26.1. The molecular weight excluding hydrogens is 376 g/mol. The lowest BCUT2D eigenvalue weighted by Gasteiger charge is -2.43. The molecule has 1 aromatic rings. The number of nitrogens with zero attached hydrogens (tertiary/aromatic N) is 5. The molecule has 10 nitrogen and oxygen atoms in total. The number of aromatic nitrogens is 4. The van der Waals surface area contributed by atoms with Crippen molar-refractivity contribution in [1.29, 1.82) is 0 Å². The van der Waals surface area contributed by atoms with Crippen LogP contribution in [0, 0.1) is 11.3 Å². The number of unbranched alkanes of at least 4 members (excludes halogenated alkanes) is 1. The number of aryl methyl sites for hydroxylation is 1. The van der Waals surface area contributed by atoms with Crippen LogP contribution in [0.1, 0.15) is 65.6 Å². The van der Waals surface area contributed by atoms with Crippen LogP contribution in [0.15, 0.2) is 0 Å². The van der Waals surface area contributed by atoms with Crippen molar-refractivity contribution >= 4 is 17.9 Å². The first-order chi connectivity index (χ1) is 13.7. The van der Waals surface area contributed by atoms with E-state index >= 15 is 0 Å². The number of nitrogens with one attached hydrogen (secondary N) is 1. The summed E-state index contributed by atoms with van der Waals surface area (Å²) in [5, 5.41) is 14.2. The average Bonchev–Trinajstić information content (AvgIpc) is 3.14. The SMILES string of the molecule is CCCCn1nnnc1COC(=O)CN1C(=O)N[C@@]2(C[C@@H](C)CC(C)(C)C2)C1=O. The number of rotatable bonds is 7. The lowest BCUT2D eigenvalue weighted by molar-refractivity contribution is -0.149. The van der Waals surface area contributed by atoms with Gasteiger partial charge in [-0.2, -0.15) is 0 Å². The zero-order valence-corrected chi connectivity index (χ0v) is 17.6. The summed E-state index contributed by atoms with van der Waals surface area (Å²) in [6.07, 6.45) is 4.03. The van der Waals surface area contributed by atoms with Crippen LogP contribution in [-0.2, 0) is 27.5 Å². The second-order valence-electron chi connectivity index (χ2n) is 9.09. The number of tetrazole rings is 1. The Morgan fingerprint density at radius 3 is 2.76 bits per heavy atom. The second kappa shape index (κ2) is 8.08. The predicted octanol–water partition coefficient (Wildman–Crippen LogP) is 1.65. The molecular formula is C19H30N6O4. The van der Waals surface area contributed by atoms with Gasteiger partial charge >= 0.3 is 12.0 Å². The molecule has 2 heterocycles. The number of urea groups is 1. The number of carbonyl (C=O) groups excluding carboxylic acids is 3. The molecule has 2 aliphatic rings. The van der Waals surface area contributed by atoms with E-state index < -0.39 is 24.1 Å². The van der Waals surface area contributed by atoms with Gasteiger partial charge in [0.05, 0.1) is 0 Å². The fourth-order valence-electron chi connectivity index (χ4n) is 4.78. The van der Waals surface area contributed by atoms with Crippen molar-refractivity contribution in [2.75, 3.05) is 6.54 Å². The molecule has 1 aliphatic carbocycles. The third kappa shape index (κ3) is 4.56. The summed E-state index contributed by atoms with van der Waals surface area (Å²) in [5.41, 5.74) is -0.991. The molecule has 160 valence electrons. The van der Waals surface area contributed by atoms with E-state index in [-0.39, 0.29) is 17.9 Å². The average molecular weight is 406 g/mol. The smallest absolute Gasteiger partial charge is 0.326 e. The van der Waals surface area contributed by atoms with Crippen LogP contribution in [0.2, 0.25) is 0 Å². The lowest BCUT2D eigenvalue weighted by Crippen LogP contribution is -2.54. The maximum absolute atomic E-state index is 13.1. The van der Waals surface area contributed by atoms with Crippen molar-refractivity contribution in [3.05, 3.63) is 5.82 Å². The maximum atomic E-state index is 13.1. The molecule has 2 fully saturated rings. The van der Waals surface area contributed by atoms with E-state index in [1.165, 1.54) is 0 Å². The topological polar surface area (TPSA) is 119 Å². The van der Waals surface area contributed by atoms with E-state index in [1.807, 2.05) is 0 Å². The van der Waals surface area contributed by atoms with Crippen molar-refractivity contribution in [2.45, 2.75) is 78.5 Å². The molecule has 10 heteroatoms. The van der Waals surface area contributed by atoms with Crippen LogP contribution in [0.5, 0.6) is 0 Å². The first-order valence-electron chi connectivity index (χ1n) is 10.2. The first kappa shape index (κ1) is 21.2. The minimum absolute atomic E-state index is 0.0628. The Labute approximate surface area is 170 Å². The lowest BCUT2D eigenvalue weighted by atomic mass is 9.64. The number of hydrogen-bond donors (Lipinski definition) is 1. The molecule has 0 unspecified atom stereocenters. The maximum Gasteiger partial charge on any atom is 0.326 e. The zero-order chi connectivity index (χ0) is 21.2. The Balaban J connectivity index is 1.60. The van der Waals surface area contributed by atoms with Crippen molar-refractivity contribution in [1.82, 2.24) is 30.4 Å². The van der Waals surface area contributed by atoms with Gasteiger partial charge in [-0.15, -0.1) is 5.10 Å². The fraction of sp³-hybridized carbons (Fsp3) is 0.789. The molecule has 1 aliphatic heterocycles. The third-order valence-electron chi connectivity index (χ3n) is 5.60. The molecule has 3 rings (SSSR count). The molecule has 1 saturated heterocycles. The molecule has 1 N–H and O–H groups in total. The second-order valence-corrected chi connectivity index (χ2v) is 9.09. The summed E-state index contributed by atoms with van der Waals surface area (Å²) in [4.78, 5) is 38.8. The van der Waals surface area contributed by atoms with Gasteiger partial charge in [0.15, 0.2) is 12.4 Å². The standard InChI is InChI=1S/C19H30N6O4/c1-5-6-7-25-14(21-22-23-25)11-29-15(26)10-24-16(27)19(20-17(24)28)9-13(2)8-18(3,4)12-19/h13H,5-12H2,1-4H3,(H,20,28)/t13-,19+/m0/s1. The summed E-state index contributed by atoms with van der Waals surface area (Å²) in [6, 6.07) is -0.537. The van der Waals surface area contributed by atoms with Crippen LogP contribution in [0.25, 0.3) is 0 Å². The van der Waals surface area contributed by atoms with Gasteiger partial charge < -0.3 is 10.1 Å². The summed E-state index contributed by atoms with van der Waals surface area (Å²) in [7, 11) is 0. The number of carbonyl (C=O) groups is 3. The highest BCUT2D eigenvalue weighted by molar-refractivity contribution is 6.08. The Morgan fingerprint density at radius 2 is 2.07 bits per heavy atom. The highest BCUT2D eigenvalue weighted by Gasteiger charge is 2.56. The van der Waals surface area contributed by atoms with Gasteiger partial charge in [0.1, 0.15) is 12.1 Å². The van der Waals surface area contributed by atoms with Crippen LogP contribution in [-0.4, -0.2) is 55.1 Å². The first-order valence-corrected chi connectivity index (χ1v) is 10.2. The molecule has 1 aromatic heterocycles. The summed E-state index contributed by atoms with van der Waals surface area (Å²) in [5.74, 6) is -0.272. The minimum Gasteiger partial charge on any atom is -0.456 e. The number of amides is 3. The monoisotopic (exact) mass is 406 g/mol. The van der Waals surface area contributed by atoms with Gasteiger partial charge in [0.2, 0.25) is 0 Å². The Morgan fingerprint density at radius 1 is 1.31 bits per heavy atom. The number of hydrogen-bond acceptors (Lipinski definition) is 7. The van der Waals surface area contributed by atoms with E-state index in [0.717, 1.165) is 24.2 Å². The van der Waals surface area contributed by atoms with Gasteiger partial charge in [0, 0.05) is 6.54 Å². The summed E-state index contributed by atoms with van der Waals surface area (Å²) < 4.78 is 6.82. The summed E-state index contributed by atoms with van der Waals surface area (Å²) >= 11 is 0. The zero-order valence-electron chi connectivity index (χ0n) is 17.6. The Bertz CT molecular complexity index is 791. The van der Waals surface area contributed by atoms with E-state index in [0.29, 0.717) is 31.1 Å². The van der Waals surface area contributed by atoms with Crippen LogP contribution < -0.4 is 5.32 Å². The van der Waals surface area contributed by atoms with Crippen LogP contribution in [0.3, 0.4) is 0 Å². The van der Waals surface area contributed by atoms with Crippen molar-refractivity contribution < 1.29 is 19.1 Å². The van der Waals surface area contributed by atoms with E-state index in [4.69, 9.17) is 4.74 Å².